The third-order valence-electron chi connectivity index (χ3n) is 3.23. The second-order valence-electron chi connectivity index (χ2n) is 5.21. The summed E-state index contributed by atoms with van der Waals surface area (Å²) in [5.41, 5.74) is 3.11. The average Bonchev–Trinajstić information content (AvgIpc) is 2.47. The topological polar surface area (TPSA) is 29.5 Å². The Morgan fingerprint density at radius 1 is 1.00 bits per heavy atom. The molecule has 0 radical (unpaired) electrons. The smallest absolute Gasteiger partial charge is 0.125 e. The van der Waals surface area contributed by atoms with Crippen LogP contribution in [0.3, 0.4) is 0 Å². The van der Waals surface area contributed by atoms with Gasteiger partial charge in [-0.25, -0.2) is 0 Å². The second kappa shape index (κ2) is 6.58. The van der Waals surface area contributed by atoms with E-state index in [2.05, 4.69) is 12.1 Å². The van der Waals surface area contributed by atoms with Crippen molar-refractivity contribution >= 4 is 0 Å². The molecule has 0 saturated heterocycles. The molecule has 2 heteroatoms. The molecule has 1 N–H and O–H groups in total. The molecular formula is C18H22O2. The highest BCUT2D eigenvalue weighted by atomic mass is 16.5. The third kappa shape index (κ3) is 3.40. The van der Waals surface area contributed by atoms with Crippen molar-refractivity contribution in [2.45, 2.75) is 39.4 Å². The molecule has 2 aromatic carbocycles. The minimum Gasteiger partial charge on any atom is -0.491 e. The van der Waals surface area contributed by atoms with Crippen molar-refractivity contribution in [3.63, 3.8) is 0 Å². The van der Waals surface area contributed by atoms with Crippen LogP contribution in [0, 0.1) is 0 Å². The van der Waals surface area contributed by atoms with Crippen LogP contribution in [-0.2, 0) is 0 Å². The summed E-state index contributed by atoms with van der Waals surface area (Å²) in [6.07, 6.45) is 0.278. The summed E-state index contributed by atoms with van der Waals surface area (Å²) in [7, 11) is 0. The first-order valence-corrected chi connectivity index (χ1v) is 7.16. The Balaban J connectivity index is 2.43. The summed E-state index contributed by atoms with van der Waals surface area (Å²) >= 11 is 0. The van der Waals surface area contributed by atoms with Gasteiger partial charge in [0, 0.05) is 5.56 Å². The molecular weight excluding hydrogens is 248 g/mol. The summed E-state index contributed by atoms with van der Waals surface area (Å²) < 4.78 is 5.80. The average molecular weight is 270 g/mol. The van der Waals surface area contributed by atoms with Crippen LogP contribution in [0.2, 0.25) is 0 Å². The fourth-order valence-electron chi connectivity index (χ4n) is 2.20. The van der Waals surface area contributed by atoms with Crippen molar-refractivity contribution < 1.29 is 9.84 Å². The zero-order valence-corrected chi connectivity index (χ0v) is 12.3. The van der Waals surface area contributed by atoms with Gasteiger partial charge in [-0.3, -0.25) is 0 Å². The van der Waals surface area contributed by atoms with Gasteiger partial charge in [0.15, 0.2) is 0 Å². The van der Waals surface area contributed by atoms with Gasteiger partial charge in [0.1, 0.15) is 5.75 Å². The van der Waals surface area contributed by atoms with Gasteiger partial charge in [-0.15, -0.1) is 0 Å². The Morgan fingerprint density at radius 2 is 1.70 bits per heavy atom. The zero-order chi connectivity index (χ0) is 14.5. The fraction of sp³-hybridized carbons (Fsp3) is 0.333. The Bertz CT molecular complexity index is 547. The normalized spacial score (nSPS) is 12.4. The molecule has 0 unspecified atom stereocenters. The summed E-state index contributed by atoms with van der Waals surface area (Å²) in [4.78, 5) is 0. The molecule has 106 valence electrons. The van der Waals surface area contributed by atoms with Crippen molar-refractivity contribution in [2.24, 2.45) is 0 Å². The first-order chi connectivity index (χ1) is 9.61. The molecule has 0 heterocycles. The minimum absolute atomic E-state index is 0.0976. The number of benzene rings is 2. The predicted octanol–water partition coefficient (Wildman–Crippen LogP) is 4.58. The van der Waals surface area contributed by atoms with E-state index in [9.17, 15) is 5.11 Å². The number of hydrogen-bond donors (Lipinski definition) is 1. The van der Waals surface area contributed by atoms with Crippen molar-refractivity contribution in [1.82, 2.24) is 0 Å². The number of aliphatic hydroxyl groups excluding tert-OH is 1. The van der Waals surface area contributed by atoms with E-state index in [-0.39, 0.29) is 6.10 Å². The maximum Gasteiger partial charge on any atom is 0.125 e. The van der Waals surface area contributed by atoms with E-state index in [1.54, 1.807) is 0 Å². The molecule has 0 spiro atoms. The van der Waals surface area contributed by atoms with Crippen LogP contribution in [-0.4, -0.2) is 11.2 Å². The molecule has 2 nitrogen and oxygen atoms in total. The minimum atomic E-state index is -0.493. The Hall–Kier alpha value is -1.80. The second-order valence-corrected chi connectivity index (χ2v) is 5.21. The van der Waals surface area contributed by atoms with Crippen LogP contribution in [0.15, 0.2) is 48.5 Å². The SMILES string of the molecule is CC[C@H](O)c1cc(-c2ccccc2)ccc1OC(C)C. The van der Waals surface area contributed by atoms with E-state index in [0.29, 0.717) is 6.42 Å². The van der Waals surface area contributed by atoms with Gasteiger partial charge in [-0.2, -0.15) is 0 Å². The standard InChI is InChI=1S/C18H22O2/c1-4-17(19)16-12-15(14-8-6-5-7-9-14)10-11-18(16)20-13(2)3/h5-13,17,19H,4H2,1-3H3/t17-/m0/s1. The lowest BCUT2D eigenvalue weighted by Crippen LogP contribution is -2.09. The van der Waals surface area contributed by atoms with Crippen LogP contribution < -0.4 is 4.74 Å². The third-order valence-corrected chi connectivity index (χ3v) is 3.23. The first kappa shape index (κ1) is 14.6. The van der Waals surface area contributed by atoms with Gasteiger partial charge in [0.25, 0.3) is 0 Å². The maximum absolute atomic E-state index is 10.2. The van der Waals surface area contributed by atoms with Gasteiger partial charge in [0.2, 0.25) is 0 Å². The molecule has 0 fully saturated rings. The van der Waals surface area contributed by atoms with Gasteiger partial charge >= 0.3 is 0 Å². The van der Waals surface area contributed by atoms with Gasteiger partial charge in [0.05, 0.1) is 12.2 Å². The summed E-state index contributed by atoms with van der Waals surface area (Å²) in [5.74, 6) is 0.772. The van der Waals surface area contributed by atoms with Crippen LogP contribution in [0.25, 0.3) is 11.1 Å². The van der Waals surface area contributed by atoms with Crippen molar-refractivity contribution in [1.29, 1.82) is 0 Å². The van der Waals surface area contributed by atoms with E-state index in [1.165, 1.54) is 0 Å². The monoisotopic (exact) mass is 270 g/mol. The van der Waals surface area contributed by atoms with E-state index in [0.717, 1.165) is 22.4 Å². The molecule has 0 aliphatic carbocycles. The highest BCUT2D eigenvalue weighted by Gasteiger charge is 2.14. The lowest BCUT2D eigenvalue weighted by molar-refractivity contribution is 0.162. The lowest BCUT2D eigenvalue weighted by Gasteiger charge is -2.18. The molecule has 0 aliphatic heterocycles. The quantitative estimate of drug-likeness (QED) is 0.861. The van der Waals surface area contributed by atoms with Gasteiger partial charge in [-0.1, -0.05) is 43.3 Å². The molecule has 0 amide bonds. The lowest BCUT2D eigenvalue weighted by atomic mass is 9.98. The van der Waals surface area contributed by atoms with Crippen molar-refractivity contribution in [2.75, 3.05) is 0 Å². The van der Waals surface area contributed by atoms with Crippen molar-refractivity contribution in [3.8, 4) is 16.9 Å². The first-order valence-electron chi connectivity index (χ1n) is 7.16. The molecule has 1 atom stereocenters. The number of ether oxygens (including phenoxy) is 1. The van der Waals surface area contributed by atoms with Crippen LogP contribution in [0.5, 0.6) is 5.75 Å². The van der Waals surface area contributed by atoms with E-state index >= 15 is 0 Å². The fourth-order valence-corrected chi connectivity index (χ4v) is 2.20. The molecule has 2 aromatic rings. The van der Waals surface area contributed by atoms with Crippen LogP contribution in [0.1, 0.15) is 38.9 Å². The van der Waals surface area contributed by atoms with E-state index in [4.69, 9.17) is 4.74 Å². The highest BCUT2D eigenvalue weighted by Crippen LogP contribution is 2.32. The van der Waals surface area contributed by atoms with Gasteiger partial charge < -0.3 is 9.84 Å². The summed E-state index contributed by atoms with van der Waals surface area (Å²) in [6, 6.07) is 16.2. The molecule has 0 bridgehead atoms. The number of rotatable bonds is 5. The maximum atomic E-state index is 10.2. The number of aliphatic hydroxyl groups is 1. The van der Waals surface area contributed by atoms with Crippen LogP contribution in [0.4, 0.5) is 0 Å². The molecule has 20 heavy (non-hydrogen) atoms. The predicted molar refractivity (Wildman–Crippen MR) is 82.9 cm³/mol. The van der Waals surface area contributed by atoms with E-state index < -0.39 is 6.10 Å². The molecule has 0 aliphatic rings. The largest absolute Gasteiger partial charge is 0.491 e. The molecule has 0 aromatic heterocycles. The zero-order valence-electron chi connectivity index (χ0n) is 12.3. The van der Waals surface area contributed by atoms with Crippen LogP contribution >= 0.6 is 0 Å². The van der Waals surface area contributed by atoms with Crippen molar-refractivity contribution in [3.05, 3.63) is 54.1 Å². The Kier molecular flexibility index (Phi) is 4.80. The van der Waals surface area contributed by atoms with Gasteiger partial charge in [-0.05, 0) is 43.5 Å². The number of hydrogen-bond acceptors (Lipinski definition) is 2. The molecule has 2 rings (SSSR count). The highest BCUT2D eigenvalue weighted by molar-refractivity contribution is 5.65. The Morgan fingerprint density at radius 3 is 2.30 bits per heavy atom. The van der Waals surface area contributed by atoms with E-state index in [1.807, 2.05) is 57.2 Å². The molecule has 0 saturated carbocycles. The Labute approximate surface area is 121 Å². The summed E-state index contributed by atoms with van der Waals surface area (Å²) in [6.45, 7) is 5.96. The summed E-state index contributed by atoms with van der Waals surface area (Å²) in [5, 5.41) is 10.2.